The van der Waals surface area contributed by atoms with Crippen LogP contribution in [0.2, 0.25) is 0 Å². The Bertz CT molecular complexity index is 1390. The molecular weight excluding hydrogens is 461 g/mol. The predicted octanol–water partition coefficient (Wildman–Crippen LogP) is 5.41. The smallest absolute Gasteiger partial charge is 0.261 e. The fourth-order valence-corrected chi connectivity index (χ4v) is 5.26. The molecule has 0 atom stereocenters. The van der Waals surface area contributed by atoms with Crippen molar-refractivity contribution in [2.45, 2.75) is 25.3 Å². The third kappa shape index (κ3) is 5.15. The van der Waals surface area contributed by atoms with E-state index in [-0.39, 0.29) is 16.5 Å². The third-order valence-electron chi connectivity index (χ3n) is 5.21. The highest BCUT2D eigenvalue weighted by Crippen LogP contribution is 2.22. The molecule has 0 unspecified atom stereocenters. The lowest BCUT2D eigenvalue weighted by Crippen LogP contribution is -2.15. The zero-order valence-corrected chi connectivity index (χ0v) is 19.6. The van der Waals surface area contributed by atoms with E-state index < -0.39 is 15.8 Å². The Hall–Kier alpha value is -3.43. The van der Waals surface area contributed by atoms with Gasteiger partial charge in [-0.25, -0.2) is 12.8 Å². The summed E-state index contributed by atoms with van der Waals surface area (Å²) in [4.78, 5) is 14.1. The van der Waals surface area contributed by atoms with E-state index in [9.17, 15) is 17.6 Å². The van der Waals surface area contributed by atoms with Gasteiger partial charge in [0.1, 0.15) is 5.82 Å². The fourth-order valence-electron chi connectivity index (χ4n) is 3.51. The Balaban J connectivity index is 1.47. The lowest BCUT2D eigenvalue weighted by molar-refractivity contribution is 0.102. The summed E-state index contributed by atoms with van der Waals surface area (Å²) in [6.07, 6.45) is 0. The second-order valence-corrected chi connectivity index (χ2v) is 10.3. The maximum Gasteiger partial charge on any atom is 0.261 e. The van der Waals surface area contributed by atoms with Gasteiger partial charge in [0.15, 0.2) is 0 Å². The average molecular weight is 484 g/mol. The first-order valence-corrected chi connectivity index (χ1v) is 12.5. The zero-order valence-electron chi connectivity index (χ0n) is 18.0. The van der Waals surface area contributed by atoms with E-state index in [1.807, 2.05) is 31.4 Å². The van der Waals surface area contributed by atoms with Crippen LogP contribution in [0, 0.1) is 19.7 Å². The fraction of sp³-hybridized carbons (Fsp3) is 0.125. The summed E-state index contributed by atoms with van der Waals surface area (Å²) in [7, 11) is -3.89. The molecule has 0 bridgehead atoms. The first-order chi connectivity index (χ1) is 15.7. The minimum absolute atomic E-state index is 0.00103. The molecule has 6 nitrogen and oxygen atoms in total. The number of halogens is 1. The largest absolute Gasteiger partial charge is 0.343 e. The number of thiophene rings is 1. The molecule has 1 amide bonds. The number of carbonyl (C=O) groups is 1. The van der Waals surface area contributed by atoms with Crippen molar-refractivity contribution in [2.24, 2.45) is 0 Å². The van der Waals surface area contributed by atoms with Crippen LogP contribution >= 0.6 is 11.3 Å². The Labute approximate surface area is 195 Å². The van der Waals surface area contributed by atoms with Gasteiger partial charge in [-0.3, -0.25) is 9.52 Å². The highest BCUT2D eigenvalue weighted by atomic mass is 32.2. The van der Waals surface area contributed by atoms with Crippen LogP contribution in [-0.4, -0.2) is 18.9 Å². The first-order valence-electron chi connectivity index (χ1n) is 10.1. The number of nitrogens with zero attached hydrogens (tertiary/aromatic N) is 1. The van der Waals surface area contributed by atoms with Gasteiger partial charge in [-0.05, 0) is 73.8 Å². The topological polar surface area (TPSA) is 80.2 Å². The van der Waals surface area contributed by atoms with Crippen LogP contribution in [0.15, 0.2) is 77.0 Å². The van der Waals surface area contributed by atoms with Gasteiger partial charge in [0.05, 0.1) is 22.7 Å². The van der Waals surface area contributed by atoms with Gasteiger partial charge in [0.2, 0.25) is 0 Å². The van der Waals surface area contributed by atoms with E-state index in [4.69, 9.17) is 0 Å². The highest BCUT2D eigenvalue weighted by Gasteiger charge is 2.18. The maximum absolute atomic E-state index is 13.3. The summed E-state index contributed by atoms with van der Waals surface area (Å²) in [5.74, 6) is -0.808. The van der Waals surface area contributed by atoms with Crippen LogP contribution in [0.25, 0.3) is 0 Å². The van der Waals surface area contributed by atoms with Crippen LogP contribution in [0.5, 0.6) is 0 Å². The van der Waals surface area contributed by atoms with Crippen molar-refractivity contribution >= 4 is 38.6 Å². The Morgan fingerprint density at radius 3 is 2.42 bits per heavy atom. The van der Waals surface area contributed by atoms with Gasteiger partial charge in [0.25, 0.3) is 15.9 Å². The first kappa shape index (κ1) is 22.8. The van der Waals surface area contributed by atoms with Gasteiger partial charge in [-0.2, -0.15) is 0 Å². The van der Waals surface area contributed by atoms with Crippen LogP contribution in [0.4, 0.5) is 15.8 Å². The molecule has 0 radical (unpaired) electrons. The van der Waals surface area contributed by atoms with Crippen molar-refractivity contribution in [3.63, 3.8) is 0 Å². The average Bonchev–Trinajstić information content (AvgIpc) is 3.38. The van der Waals surface area contributed by atoms with Gasteiger partial charge in [-0.15, -0.1) is 11.3 Å². The summed E-state index contributed by atoms with van der Waals surface area (Å²) in [6.45, 7) is 4.57. The molecule has 0 fully saturated rings. The number of nitrogens with one attached hydrogen (secondary N) is 2. The van der Waals surface area contributed by atoms with E-state index in [0.717, 1.165) is 17.5 Å². The molecule has 2 heterocycles. The number of hydrogen-bond acceptors (Lipinski definition) is 4. The van der Waals surface area contributed by atoms with Crippen molar-refractivity contribution in [1.29, 1.82) is 0 Å². The molecule has 170 valence electrons. The van der Waals surface area contributed by atoms with Gasteiger partial charge in [-0.1, -0.05) is 12.1 Å². The van der Waals surface area contributed by atoms with E-state index in [0.29, 0.717) is 17.8 Å². The number of carbonyl (C=O) groups excluding carboxylic acids is 1. The van der Waals surface area contributed by atoms with E-state index in [1.54, 1.807) is 11.3 Å². The van der Waals surface area contributed by atoms with Crippen molar-refractivity contribution in [3.8, 4) is 0 Å². The molecule has 0 saturated heterocycles. The molecule has 0 aliphatic carbocycles. The van der Waals surface area contributed by atoms with Crippen molar-refractivity contribution in [2.75, 3.05) is 10.0 Å². The molecule has 0 aliphatic rings. The number of aryl methyl sites for hydroxylation is 1. The normalized spacial score (nSPS) is 11.4. The minimum atomic E-state index is -3.89. The van der Waals surface area contributed by atoms with Crippen molar-refractivity contribution in [3.05, 3.63) is 99.8 Å². The summed E-state index contributed by atoms with van der Waals surface area (Å²) < 4.78 is 42.9. The maximum atomic E-state index is 13.3. The summed E-state index contributed by atoms with van der Waals surface area (Å²) >= 11 is 1.67. The minimum Gasteiger partial charge on any atom is -0.343 e. The van der Waals surface area contributed by atoms with Crippen molar-refractivity contribution in [1.82, 2.24) is 4.57 Å². The standard InChI is InChI=1S/C24H22FN3O3S2/c1-16-13-23(17(2)28(16)15-21-7-4-12-32-21)24(29)26-19-8-10-22(11-9-19)33(30,31)27-20-6-3-5-18(25)14-20/h3-14,27H,15H2,1-2H3,(H,26,29). The molecule has 2 aromatic heterocycles. The molecule has 9 heteroatoms. The number of aromatic nitrogens is 1. The molecule has 33 heavy (non-hydrogen) atoms. The summed E-state index contributed by atoms with van der Waals surface area (Å²) in [6, 6.07) is 16.9. The van der Waals surface area contributed by atoms with Gasteiger partial charge >= 0.3 is 0 Å². The molecular formula is C24H22FN3O3S2. The lowest BCUT2D eigenvalue weighted by atomic mass is 10.2. The monoisotopic (exact) mass is 483 g/mol. The number of rotatable bonds is 7. The Morgan fingerprint density at radius 1 is 1.00 bits per heavy atom. The zero-order chi connectivity index (χ0) is 23.6. The molecule has 0 aliphatic heterocycles. The number of amides is 1. The predicted molar refractivity (Wildman–Crippen MR) is 129 cm³/mol. The van der Waals surface area contributed by atoms with Crippen LogP contribution in [-0.2, 0) is 16.6 Å². The van der Waals surface area contributed by atoms with Crippen LogP contribution in [0.3, 0.4) is 0 Å². The summed E-state index contributed by atoms with van der Waals surface area (Å²) in [5.41, 5.74) is 3.00. The molecule has 0 saturated carbocycles. The van der Waals surface area contributed by atoms with Crippen LogP contribution < -0.4 is 10.0 Å². The SMILES string of the molecule is Cc1cc(C(=O)Nc2ccc(S(=O)(=O)Nc3cccc(F)c3)cc2)c(C)n1Cc1cccs1. The molecule has 0 spiro atoms. The van der Waals surface area contributed by atoms with E-state index >= 15 is 0 Å². The summed E-state index contributed by atoms with van der Waals surface area (Å²) in [5, 5.41) is 4.84. The molecule has 2 N–H and O–H groups in total. The van der Waals surface area contributed by atoms with Gasteiger partial charge in [0, 0.05) is 22.0 Å². The highest BCUT2D eigenvalue weighted by molar-refractivity contribution is 7.92. The quantitative estimate of drug-likeness (QED) is 0.369. The van der Waals surface area contributed by atoms with E-state index in [2.05, 4.69) is 20.7 Å². The number of benzene rings is 2. The van der Waals surface area contributed by atoms with E-state index in [1.165, 1.54) is 47.3 Å². The number of sulfonamides is 1. The number of anilines is 2. The Morgan fingerprint density at radius 2 is 1.76 bits per heavy atom. The third-order valence-corrected chi connectivity index (χ3v) is 7.47. The molecule has 2 aromatic carbocycles. The lowest BCUT2D eigenvalue weighted by Gasteiger charge is -2.10. The second-order valence-electron chi connectivity index (χ2n) is 7.54. The molecule has 4 aromatic rings. The van der Waals surface area contributed by atoms with Gasteiger partial charge < -0.3 is 9.88 Å². The van der Waals surface area contributed by atoms with Crippen LogP contribution in [0.1, 0.15) is 26.6 Å². The molecule has 4 rings (SSSR count). The second kappa shape index (κ2) is 9.21. The van der Waals surface area contributed by atoms with Crippen molar-refractivity contribution < 1.29 is 17.6 Å². The Kier molecular flexibility index (Phi) is 6.35. The number of hydrogen-bond donors (Lipinski definition) is 2.